The van der Waals surface area contributed by atoms with E-state index in [9.17, 15) is 9.90 Å². The van der Waals surface area contributed by atoms with Crippen molar-refractivity contribution in [2.75, 3.05) is 19.7 Å². The molecule has 1 amide bonds. The molecule has 2 N–H and O–H groups in total. The minimum Gasteiger partial charge on any atom is -0.389 e. The van der Waals surface area contributed by atoms with Crippen molar-refractivity contribution in [2.24, 2.45) is 0 Å². The van der Waals surface area contributed by atoms with Gasteiger partial charge < -0.3 is 15.1 Å². The van der Waals surface area contributed by atoms with Gasteiger partial charge in [0.25, 0.3) is 5.91 Å². The van der Waals surface area contributed by atoms with Gasteiger partial charge in [0.15, 0.2) is 0 Å². The summed E-state index contributed by atoms with van der Waals surface area (Å²) in [6, 6.07) is 1.63. The predicted octanol–water partition coefficient (Wildman–Crippen LogP) is 0.658. The fourth-order valence-corrected chi connectivity index (χ4v) is 1.74. The molecule has 108 valence electrons. The maximum Gasteiger partial charge on any atom is 0.255 e. The van der Waals surface area contributed by atoms with E-state index in [-0.39, 0.29) is 19.1 Å². The van der Waals surface area contributed by atoms with E-state index in [4.69, 9.17) is 5.11 Å². The first kappa shape index (κ1) is 16.2. The van der Waals surface area contributed by atoms with Gasteiger partial charge in [-0.2, -0.15) is 0 Å². The number of carbonyl (C=O) groups is 1. The van der Waals surface area contributed by atoms with Gasteiger partial charge in [-0.25, -0.2) is 0 Å². The highest BCUT2D eigenvalue weighted by molar-refractivity contribution is 5.94. The number of likely N-dealkylation sites (N-methyl/N-ethyl adjacent to an activating group) is 1. The highest BCUT2D eigenvalue weighted by atomic mass is 16.3. The molecule has 20 heavy (non-hydrogen) atoms. The summed E-state index contributed by atoms with van der Waals surface area (Å²) < 4.78 is 0. The van der Waals surface area contributed by atoms with Crippen molar-refractivity contribution in [1.82, 2.24) is 9.88 Å². The lowest BCUT2D eigenvalue weighted by Crippen LogP contribution is -2.42. The standard InChI is InChI=1S/C15H20N2O3/c1-4-17(11-15(2,3)20)14(19)13-8-12(6-5-7-18)9-16-10-13/h8-10,18,20H,4,7,11H2,1-3H3. The lowest BCUT2D eigenvalue weighted by molar-refractivity contribution is 0.0314. The molecule has 5 nitrogen and oxygen atoms in total. The molecule has 0 saturated heterocycles. The molecule has 1 aromatic rings. The molecule has 0 saturated carbocycles. The van der Waals surface area contributed by atoms with Crippen LogP contribution in [0.1, 0.15) is 36.7 Å². The van der Waals surface area contributed by atoms with Crippen LogP contribution in [0.3, 0.4) is 0 Å². The molecule has 0 spiro atoms. The van der Waals surface area contributed by atoms with Crippen LogP contribution in [0, 0.1) is 11.8 Å². The van der Waals surface area contributed by atoms with Gasteiger partial charge in [-0.05, 0) is 26.8 Å². The van der Waals surface area contributed by atoms with E-state index >= 15 is 0 Å². The Morgan fingerprint density at radius 2 is 2.15 bits per heavy atom. The van der Waals surface area contributed by atoms with Crippen LogP contribution in [0.4, 0.5) is 0 Å². The molecule has 0 aromatic carbocycles. The summed E-state index contributed by atoms with van der Waals surface area (Å²) in [5.74, 6) is 5.03. The van der Waals surface area contributed by atoms with Crippen LogP contribution in [-0.4, -0.2) is 51.3 Å². The molecular weight excluding hydrogens is 256 g/mol. The molecule has 1 rings (SSSR count). The number of aliphatic hydroxyl groups excluding tert-OH is 1. The summed E-state index contributed by atoms with van der Waals surface area (Å²) in [6.07, 6.45) is 3.01. The molecule has 5 heteroatoms. The van der Waals surface area contributed by atoms with Crippen molar-refractivity contribution in [3.8, 4) is 11.8 Å². The first-order valence-corrected chi connectivity index (χ1v) is 6.44. The number of aromatic nitrogens is 1. The van der Waals surface area contributed by atoms with Crippen molar-refractivity contribution in [2.45, 2.75) is 26.4 Å². The molecular formula is C15H20N2O3. The van der Waals surface area contributed by atoms with E-state index in [1.807, 2.05) is 6.92 Å². The third kappa shape index (κ3) is 5.00. The van der Waals surface area contributed by atoms with Crippen LogP contribution in [0.15, 0.2) is 18.5 Å². The smallest absolute Gasteiger partial charge is 0.255 e. The molecule has 0 atom stereocenters. The van der Waals surface area contributed by atoms with E-state index in [1.165, 1.54) is 12.4 Å². The SMILES string of the molecule is CCN(CC(C)(C)O)C(=O)c1cncc(C#CCO)c1. The molecule has 1 heterocycles. The Hall–Kier alpha value is -1.90. The van der Waals surface area contributed by atoms with E-state index in [2.05, 4.69) is 16.8 Å². The summed E-state index contributed by atoms with van der Waals surface area (Å²) in [5.41, 5.74) is 0.0398. The monoisotopic (exact) mass is 276 g/mol. The Morgan fingerprint density at radius 3 is 2.70 bits per heavy atom. The first-order chi connectivity index (χ1) is 9.37. The fourth-order valence-electron chi connectivity index (χ4n) is 1.74. The van der Waals surface area contributed by atoms with Gasteiger partial charge in [0, 0.05) is 31.0 Å². The molecule has 0 aliphatic heterocycles. The third-order valence-corrected chi connectivity index (χ3v) is 2.54. The zero-order chi connectivity index (χ0) is 15.2. The van der Waals surface area contributed by atoms with Crippen LogP contribution >= 0.6 is 0 Å². The maximum absolute atomic E-state index is 12.4. The van der Waals surface area contributed by atoms with Crippen molar-refractivity contribution in [3.05, 3.63) is 29.6 Å². The van der Waals surface area contributed by atoms with Crippen LogP contribution in [0.25, 0.3) is 0 Å². The Morgan fingerprint density at radius 1 is 1.45 bits per heavy atom. The lowest BCUT2D eigenvalue weighted by Gasteiger charge is -2.28. The number of amides is 1. The largest absolute Gasteiger partial charge is 0.389 e. The van der Waals surface area contributed by atoms with Gasteiger partial charge in [-0.3, -0.25) is 9.78 Å². The normalized spacial score (nSPS) is 10.7. The zero-order valence-corrected chi connectivity index (χ0v) is 12.1. The first-order valence-electron chi connectivity index (χ1n) is 6.44. The van der Waals surface area contributed by atoms with Gasteiger partial charge in [0.2, 0.25) is 0 Å². The number of rotatable bonds is 4. The van der Waals surface area contributed by atoms with Gasteiger partial charge in [0.05, 0.1) is 11.2 Å². The minimum absolute atomic E-state index is 0.199. The van der Waals surface area contributed by atoms with E-state index < -0.39 is 5.60 Å². The van der Waals surface area contributed by atoms with Gasteiger partial charge >= 0.3 is 0 Å². The van der Waals surface area contributed by atoms with Gasteiger partial charge in [0.1, 0.15) is 6.61 Å². The summed E-state index contributed by atoms with van der Waals surface area (Å²) in [4.78, 5) is 17.9. The molecule has 1 aromatic heterocycles. The van der Waals surface area contributed by atoms with Crippen LogP contribution < -0.4 is 0 Å². The number of aliphatic hydroxyl groups is 2. The molecule has 0 unspecified atom stereocenters. The topological polar surface area (TPSA) is 73.7 Å². The maximum atomic E-state index is 12.4. The number of carbonyl (C=O) groups excluding carboxylic acids is 1. The average molecular weight is 276 g/mol. The second-order valence-electron chi connectivity index (χ2n) is 5.05. The number of nitrogens with zero attached hydrogens (tertiary/aromatic N) is 2. The Kier molecular flexibility index (Phi) is 5.68. The highest BCUT2D eigenvalue weighted by Gasteiger charge is 2.22. The molecule has 0 radical (unpaired) electrons. The van der Waals surface area contributed by atoms with E-state index in [1.54, 1.807) is 24.8 Å². The van der Waals surface area contributed by atoms with Gasteiger partial charge in [-0.1, -0.05) is 11.8 Å². The third-order valence-electron chi connectivity index (χ3n) is 2.54. The molecule has 0 fully saturated rings. The second kappa shape index (κ2) is 7.04. The quantitative estimate of drug-likeness (QED) is 0.792. The fraction of sp³-hybridized carbons (Fsp3) is 0.467. The predicted molar refractivity (Wildman–Crippen MR) is 76.1 cm³/mol. The summed E-state index contributed by atoms with van der Waals surface area (Å²) in [6.45, 7) is 5.67. The summed E-state index contributed by atoms with van der Waals surface area (Å²) >= 11 is 0. The lowest BCUT2D eigenvalue weighted by atomic mass is 10.1. The summed E-state index contributed by atoms with van der Waals surface area (Å²) in [7, 11) is 0. The number of hydrogen-bond donors (Lipinski definition) is 2. The second-order valence-corrected chi connectivity index (χ2v) is 5.05. The van der Waals surface area contributed by atoms with Crippen molar-refractivity contribution in [1.29, 1.82) is 0 Å². The molecule has 0 bridgehead atoms. The van der Waals surface area contributed by atoms with Crippen molar-refractivity contribution in [3.63, 3.8) is 0 Å². The minimum atomic E-state index is -0.951. The Balaban J connectivity index is 2.95. The van der Waals surface area contributed by atoms with Crippen LogP contribution in [0.5, 0.6) is 0 Å². The number of pyridine rings is 1. The summed E-state index contributed by atoms with van der Waals surface area (Å²) in [5, 5.41) is 18.5. The molecule has 0 aliphatic rings. The highest BCUT2D eigenvalue weighted by Crippen LogP contribution is 2.10. The number of hydrogen-bond acceptors (Lipinski definition) is 4. The molecule has 0 aliphatic carbocycles. The van der Waals surface area contributed by atoms with Crippen LogP contribution in [0.2, 0.25) is 0 Å². The average Bonchev–Trinajstić information content (AvgIpc) is 2.41. The van der Waals surface area contributed by atoms with E-state index in [0.717, 1.165) is 0 Å². The van der Waals surface area contributed by atoms with Crippen LogP contribution in [-0.2, 0) is 0 Å². The zero-order valence-electron chi connectivity index (χ0n) is 12.1. The Labute approximate surface area is 119 Å². The van der Waals surface area contributed by atoms with E-state index in [0.29, 0.717) is 17.7 Å². The van der Waals surface area contributed by atoms with Crippen molar-refractivity contribution >= 4 is 5.91 Å². The Bertz CT molecular complexity index is 524. The van der Waals surface area contributed by atoms with Crippen molar-refractivity contribution < 1.29 is 15.0 Å². The van der Waals surface area contributed by atoms with Gasteiger partial charge in [-0.15, -0.1) is 0 Å².